The van der Waals surface area contributed by atoms with E-state index in [1.807, 2.05) is 0 Å². The Hall–Kier alpha value is -0.930. The first-order chi connectivity index (χ1) is 8.68. The van der Waals surface area contributed by atoms with E-state index in [9.17, 15) is 9.50 Å². The molecule has 1 saturated carbocycles. The lowest BCUT2D eigenvalue weighted by Crippen LogP contribution is -2.27. The number of ether oxygens (including phenoxy) is 1. The van der Waals surface area contributed by atoms with Gasteiger partial charge in [-0.25, -0.2) is 4.39 Å². The van der Waals surface area contributed by atoms with Gasteiger partial charge in [0.25, 0.3) is 0 Å². The summed E-state index contributed by atoms with van der Waals surface area (Å²) in [5, 5.41) is 9.95. The van der Waals surface area contributed by atoms with E-state index in [-0.39, 0.29) is 18.5 Å². The first-order valence-corrected chi connectivity index (χ1v) is 6.72. The van der Waals surface area contributed by atoms with Crippen LogP contribution in [0.2, 0.25) is 0 Å². The minimum Gasteiger partial charge on any atom is -0.386 e. The van der Waals surface area contributed by atoms with Crippen LogP contribution in [0.15, 0.2) is 24.3 Å². The van der Waals surface area contributed by atoms with E-state index >= 15 is 0 Å². The lowest BCUT2D eigenvalue weighted by atomic mass is 9.88. The third-order valence-corrected chi connectivity index (χ3v) is 3.77. The second-order valence-electron chi connectivity index (χ2n) is 5.17. The van der Waals surface area contributed by atoms with Crippen LogP contribution < -0.4 is 0 Å². The summed E-state index contributed by atoms with van der Waals surface area (Å²) < 4.78 is 19.2. The number of benzene rings is 1. The summed E-state index contributed by atoms with van der Waals surface area (Å²) in [6.07, 6.45) is 4.01. The monoisotopic (exact) mass is 252 g/mol. The summed E-state index contributed by atoms with van der Waals surface area (Å²) in [5.41, 5.74) is 0.320. The first kappa shape index (κ1) is 13.5. The molecule has 0 amide bonds. The first-order valence-electron chi connectivity index (χ1n) is 6.72. The summed E-state index contributed by atoms with van der Waals surface area (Å²) in [6.45, 7) is 2.36. The topological polar surface area (TPSA) is 29.5 Å². The smallest absolute Gasteiger partial charge is 0.129 e. The minimum atomic E-state index is -0.875. The van der Waals surface area contributed by atoms with Gasteiger partial charge in [-0.15, -0.1) is 0 Å². The molecular weight excluding hydrogens is 231 g/mol. The molecule has 0 saturated heterocycles. The van der Waals surface area contributed by atoms with E-state index < -0.39 is 6.10 Å². The Balaban J connectivity index is 1.88. The van der Waals surface area contributed by atoms with E-state index in [4.69, 9.17) is 4.74 Å². The highest BCUT2D eigenvalue weighted by atomic mass is 19.1. The van der Waals surface area contributed by atoms with Gasteiger partial charge in [-0.3, -0.25) is 0 Å². The lowest BCUT2D eigenvalue weighted by Gasteiger charge is -2.29. The van der Waals surface area contributed by atoms with Crippen molar-refractivity contribution in [3.8, 4) is 0 Å². The van der Waals surface area contributed by atoms with Gasteiger partial charge in [-0.1, -0.05) is 38.0 Å². The van der Waals surface area contributed by atoms with Crippen LogP contribution in [-0.2, 0) is 4.74 Å². The zero-order valence-electron chi connectivity index (χ0n) is 10.8. The Morgan fingerprint density at radius 1 is 1.33 bits per heavy atom. The fourth-order valence-electron chi connectivity index (χ4n) is 2.58. The largest absolute Gasteiger partial charge is 0.386 e. The van der Waals surface area contributed by atoms with Crippen LogP contribution in [0.4, 0.5) is 4.39 Å². The molecule has 2 nitrogen and oxygen atoms in total. The number of halogens is 1. The van der Waals surface area contributed by atoms with Gasteiger partial charge in [0, 0.05) is 5.56 Å². The molecule has 1 aliphatic carbocycles. The Bertz CT molecular complexity index is 381. The van der Waals surface area contributed by atoms with Crippen LogP contribution in [0.5, 0.6) is 0 Å². The van der Waals surface area contributed by atoms with Crippen molar-refractivity contribution in [2.45, 2.75) is 44.8 Å². The van der Waals surface area contributed by atoms with Gasteiger partial charge < -0.3 is 9.84 Å². The molecule has 1 aromatic carbocycles. The molecule has 18 heavy (non-hydrogen) atoms. The van der Waals surface area contributed by atoms with Gasteiger partial charge in [0.2, 0.25) is 0 Å². The zero-order valence-corrected chi connectivity index (χ0v) is 10.8. The number of aliphatic hydroxyl groups excluding tert-OH is 1. The number of rotatable bonds is 4. The predicted octanol–water partition coefficient (Wildman–Crippen LogP) is 3.45. The van der Waals surface area contributed by atoms with Crippen LogP contribution in [0.1, 0.15) is 44.3 Å². The maximum absolute atomic E-state index is 13.5. The molecule has 1 N–H and O–H groups in total. The fourth-order valence-corrected chi connectivity index (χ4v) is 2.58. The Kier molecular flexibility index (Phi) is 4.72. The molecule has 3 unspecified atom stereocenters. The number of hydrogen-bond acceptors (Lipinski definition) is 2. The van der Waals surface area contributed by atoms with Crippen LogP contribution in [0.3, 0.4) is 0 Å². The summed E-state index contributed by atoms with van der Waals surface area (Å²) in [7, 11) is 0. The van der Waals surface area contributed by atoms with Crippen molar-refractivity contribution in [3.05, 3.63) is 35.6 Å². The molecule has 0 radical (unpaired) electrons. The summed E-state index contributed by atoms with van der Waals surface area (Å²) in [6, 6.07) is 6.32. The zero-order chi connectivity index (χ0) is 13.0. The van der Waals surface area contributed by atoms with Crippen LogP contribution >= 0.6 is 0 Å². The standard InChI is InChI=1S/C15H21FO2/c1-11-6-2-5-9-15(11)18-10-14(17)12-7-3-4-8-13(12)16/h3-4,7-8,11,14-15,17H,2,5-6,9-10H2,1H3. The van der Waals surface area contributed by atoms with Crippen LogP contribution in [0.25, 0.3) is 0 Å². The molecule has 2 rings (SSSR count). The highest BCUT2D eigenvalue weighted by molar-refractivity contribution is 5.19. The maximum atomic E-state index is 13.5. The maximum Gasteiger partial charge on any atom is 0.129 e. The van der Waals surface area contributed by atoms with Crippen molar-refractivity contribution < 1.29 is 14.2 Å². The van der Waals surface area contributed by atoms with E-state index in [0.717, 1.165) is 6.42 Å². The average Bonchev–Trinajstić information content (AvgIpc) is 2.38. The highest BCUT2D eigenvalue weighted by Crippen LogP contribution is 2.27. The van der Waals surface area contributed by atoms with Crippen molar-refractivity contribution in [1.82, 2.24) is 0 Å². The van der Waals surface area contributed by atoms with Gasteiger partial charge in [0.15, 0.2) is 0 Å². The van der Waals surface area contributed by atoms with Crippen molar-refractivity contribution in [1.29, 1.82) is 0 Å². The number of hydrogen-bond donors (Lipinski definition) is 1. The molecule has 0 aliphatic heterocycles. The van der Waals surface area contributed by atoms with E-state index in [0.29, 0.717) is 11.5 Å². The molecule has 0 spiro atoms. The van der Waals surface area contributed by atoms with Crippen molar-refractivity contribution in [2.75, 3.05) is 6.61 Å². The average molecular weight is 252 g/mol. The van der Waals surface area contributed by atoms with E-state index in [2.05, 4.69) is 6.92 Å². The second kappa shape index (κ2) is 6.30. The van der Waals surface area contributed by atoms with E-state index in [1.54, 1.807) is 18.2 Å². The Morgan fingerprint density at radius 3 is 2.78 bits per heavy atom. The molecule has 1 fully saturated rings. The predicted molar refractivity (Wildman–Crippen MR) is 68.7 cm³/mol. The van der Waals surface area contributed by atoms with E-state index in [1.165, 1.54) is 25.3 Å². The van der Waals surface area contributed by atoms with Crippen molar-refractivity contribution in [2.24, 2.45) is 5.92 Å². The van der Waals surface area contributed by atoms with Gasteiger partial charge in [0.1, 0.15) is 11.9 Å². The molecule has 1 aliphatic rings. The van der Waals surface area contributed by atoms with Gasteiger partial charge >= 0.3 is 0 Å². The third-order valence-electron chi connectivity index (χ3n) is 3.77. The van der Waals surface area contributed by atoms with Crippen molar-refractivity contribution >= 4 is 0 Å². The molecule has 3 atom stereocenters. The number of aliphatic hydroxyl groups is 1. The second-order valence-corrected chi connectivity index (χ2v) is 5.17. The molecular formula is C15H21FO2. The summed E-state index contributed by atoms with van der Waals surface area (Å²) in [4.78, 5) is 0. The summed E-state index contributed by atoms with van der Waals surface area (Å²) in [5.74, 6) is 0.164. The van der Waals surface area contributed by atoms with Crippen LogP contribution in [-0.4, -0.2) is 17.8 Å². The SMILES string of the molecule is CC1CCCCC1OCC(O)c1ccccc1F. The summed E-state index contributed by atoms with van der Waals surface area (Å²) >= 11 is 0. The van der Waals surface area contributed by atoms with Gasteiger partial charge in [0.05, 0.1) is 12.7 Å². The Morgan fingerprint density at radius 2 is 2.06 bits per heavy atom. The minimum absolute atomic E-state index is 0.177. The lowest BCUT2D eigenvalue weighted by molar-refractivity contribution is -0.0475. The van der Waals surface area contributed by atoms with Gasteiger partial charge in [-0.2, -0.15) is 0 Å². The van der Waals surface area contributed by atoms with Crippen molar-refractivity contribution in [3.63, 3.8) is 0 Å². The van der Waals surface area contributed by atoms with Crippen LogP contribution in [0, 0.1) is 11.7 Å². The van der Waals surface area contributed by atoms with Gasteiger partial charge in [-0.05, 0) is 24.8 Å². The third kappa shape index (κ3) is 3.30. The molecule has 0 bridgehead atoms. The quantitative estimate of drug-likeness (QED) is 0.889. The molecule has 100 valence electrons. The fraction of sp³-hybridized carbons (Fsp3) is 0.600. The molecule has 1 aromatic rings. The highest BCUT2D eigenvalue weighted by Gasteiger charge is 2.23. The molecule has 0 aromatic heterocycles. The Labute approximate surface area is 108 Å². The molecule has 0 heterocycles. The molecule has 3 heteroatoms. The normalized spacial score (nSPS) is 25.9.